The van der Waals surface area contributed by atoms with Crippen LogP contribution in [0.3, 0.4) is 0 Å². The van der Waals surface area contributed by atoms with Crippen molar-refractivity contribution in [1.29, 1.82) is 0 Å². The lowest BCUT2D eigenvalue weighted by atomic mass is 10.0. The molecule has 0 amide bonds. The Hall–Kier alpha value is -0.820. The van der Waals surface area contributed by atoms with Gasteiger partial charge in [-0.25, -0.2) is 8.42 Å². The van der Waals surface area contributed by atoms with Gasteiger partial charge in [-0.3, -0.25) is 4.99 Å². The lowest BCUT2D eigenvalue weighted by Crippen LogP contribution is -2.44. The minimum Gasteiger partial charge on any atom is -0.378 e. The van der Waals surface area contributed by atoms with E-state index in [2.05, 4.69) is 29.5 Å². The molecule has 0 aromatic heterocycles. The van der Waals surface area contributed by atoms with Crippen LogP contribution in [0.5, 0.6) is 0 Å². The Balaban J connectivity index is 2.35. The predicted octanol–water partition coefficient (Wildman–Crippen LogP) is 0.790. The third-order valence-electron chi connectivity index (χ3n) is 3.64. The number of rotatable bonds is 7. The number of hydrogen-bond donors (Lipinski definition) is 2. The van der Waals surface area contributed by atoms with Gasteiger partial charge in [0, 0.05) is 26.2 Å². The van der Waals surface area contributed by atoms with Gasteiger partial charge in [-0.1, -0.05) is 13.8 Å². The summed E-state index contributed by atoms with van der Waals surface area (Å²) in [5.74, 6) is 1.60. The van der Waals surface area contributed by atoms with E-state index in [0.717, 1.165) is 19.6 Å². The number of aliphatic imine (C=N–C) groups is 1. The number of ether oxygens (including phenoxy) is 1. The largest absolute Gasteiger partial charge is 0.378 e. The van der Waals surface area contributed by atoms with Crippen LogP contribution in [0.4, 0.5) is 0 Å². The van der Waals surface area contributed by atoms with E-state index in [-0.39, 0.29) is 23.7 Å². The Bertz CT molecular complexity index is 435. The Morgan fingerprint density at radius 2 is 2.14 bits per heavy atom. The zero-order valence-electron chi connectivity index (χ0n) is 13.6. The average Bonchev–Trinajstić information content (AvgIpc) is 2.75. The third kappa shape index (κ3) is 6.65. The molecular weight excluding hydrogens is 290 g/mol. The number of hydrogen-bond acceptors (Lipinski definition) is 4. The molecule has 124 valence electrons. The fourth-order valence-corrected chi connectivity index (χ4v) is 4.13. The summed E-state index contributed by atoms with van der Waals surface area (Å²) in [6.07, 6.45) is 1.78. The van der Waals surface area contributed by atoms with E-state index in [0.29, 0.717) is 18.3 Å². The van der Waals surface area contributed by atoms with Gasteiger partial charge in [0.1, 0.15) is 0 Å². The van der Waals surface area contributed by atoms with Crippen LogP contribution in [0, 0.1) is 5.92 Å². The van der Waals surface area contributed by atoms with Crippen LogP contribution in [0.25, 0.3) is 0 Å². The molecule has 2 atom stereocenters. The van der Waals surface area contributed by atoms with Crippen molar-refractivity contribution in [3.05, 3.63) is 0 Å². The number of nitrogens with zero attached hydrogens (tertiary/aromatic N) is 1. The Kier molecular flexibility index (Phi) is 7.45. The molecule has 1 aliphatic heterocycles. The highest BCUT2D eigenvalue weighted by Crippen LogP contribution is 2.11. The highest BCUT2D eigenvalue weighted by molar-refractivity contribution is 7.91. The van der Waals surface area contributed by atoms with Crippen molar-refractivity contribution in [3.8, 4) is 0 Å². The molecule has 1 saturated heterocycles. The molecule has 0 saturated carbocycles. The first-order valence-corrected chi connectivity index (χ1v) is 9.49. The molecule has 2 unspecified atom stereocenters. The van der Waals surface area contributed by atoms with E-state index < -0.39 is 9.84 Å². The SMILES string of the molecule is CCOC(CCNC(=NC)NC1CCS(=O)(=O)C1)C(C)C. The topological polar surface area (TPSA) is 79.8 Å². The van der Waals surface area contributed by atoms with E-state index in [1.807, 2.05) is 6.92 Å². The van der Waals surface area contributed by atoms with Crippen LogP contribution in [-0.4, -0.2) is 58.2 Å². The van der Waals surface area contributed by atoms with Crippen molar-refractivity contribution in [2.24, 2.45) is 10.9 Å². The summed E-state index contributed by atoms with van der Waals surface area (Å²) in [6, 6.07) is -0.0333. The first-order chi connectivity index (χ1) is 9.88. The lowest BCUT2D eigenvalue weighted by molar-refractivity contribution is 0.0258. The summed E-state index contributed by atoms with van der Waals surface area (Å²) in [7, 11) is -1.17. The van der Waals surface area contributed by atoms with Crippen molar-refractivity contribution in [2.75, 3.05) is 31.7 Å². The number of nitrogens with one attached hydrogen (secondary N) is 2. The molecular formula is C14H29N3O3S. The standard InChI is InChI=1S/C14H29N3O3S/c1-5-20-13(11(2)3)6-8-16-14(15-4)17-12-7-9-21(18,19)10-12/h11-13H,5-10H2,1-4H3,(H2,15,16,17). The molecule has 0 aliphatic carbocycles. The molecule has 0 aromatic rings. The third-order valence-corrected chi connectivity index (χ3v) is 5.41. The maximum absolute atomic E-state index is 11.4. The van der Waals surface area contributed by atoms with Crippen LogP contribution >= 0.6 is 0 Å². The molecule has 6 nitrogen and oxygen atoms in total. The Labute approximate surface area is 128 Å². The highest BCUT2D eigenvalue weighted by Gasteiger charge is 2.28. The quantitative estimate of drug-likeness (QED) is 0.536. The van der Waals surface area contributed by atoms with Crippen molar-refractivity contribution < 1.29 is 13.2 Å². The average molecular weight is 319 g/mol. The van der Waals surface area contributed by atoms with Crippen LogP contribution in [0.1, 0.15) is 33.6 Å². The first-order valence-electron chi connectivity index (χ1n) is 7.67. The molecule has 0 radical (unpaired) electrons. The maximum atomic E-state index is 11.4. The summed E-state index contributed by atoms with van der Waals surface area (Å²) in [6.45, 7) is 7.77. The molecule has 7 heteroatoms. The van der Waals surface area contributed by atoms with E-state index in [1.54, 1.807) is 7.05 Å². The summed E-state index contributed by atoms with van der Waals surface area (Å²) >= 11 is 0. The van der Waals surface area contributed by atoms with Crippen molar-refractivity contribution >= 4 is 15.8 Å². The van der Waals surface area contributed by atoms with Gasteiger partial charge in [-0.15, -0.1) is 0 Å². The van der Waals surface area contributed by atoms with Crippen molar-refractivity contribution in [3.63, 3.8) is 0 Å². The monoisotopic (exact) mass is 319 g/mol. The predicted molar refractivity (Wildman–Crippen MR) is 86.4 cm³/mol. The molecule has 21 heavy (non-hydrogen) atoms. The van der Waals surface area contributed by atoms with Crippen LogP contribution < -0.4 is 10.6 Å². The summed E-state index contributed by atoms with van der Waals surface area (Å²) in [5.41, 5.74) is 0. The van der Waals surface area contributed by atoms with Gasteiger partial charge in [0.2, 0.25) is 0 Å². The molecule has 1 fully saturated rings. The summed E-state index contributed by atoms with van der Waals surface area (Å²) < 4.78 is 28.6. The minimum absolute atomic E-state index is 0.0333. The van der Waals surface area contributed by atoms with Crippen LogP contribution in [0.2, 0.25) is 0 Å². The van der Waals surface area contributed by atoms with E-state index in [4.69, 9.17) is 4.74 Å². The van der Waals surface area contributed by atoms with E-state index in [1.165, 1.54) is 0 Å². The van der Waals surface area contributed by atoms with Gasteiger partial charge >= 0.3 is 0 Å². The molecule has 0 aromatic carbocycles. The Morgan fingerprint density at radius 3 is 2.62 bits per heavy atom. The maximum Gasteiger partial charge on any atom is 0.191 e. The molecule has 1 rings (SSSR count). The normalized spacial score (nSPS) is 23.3. The van der Waals surface area contributed by atoms with Crippen LogP contribution in [0.15, 0.2) is 4.99 Å². The van der Waals surface area contributed by atoms with Gasteiger partial charge in [0.25, 0.3) is 0 Å². The summed E-state index contributed by atoms with van der Waals surface area (Å²) in [4.78, 5) is 4.15. The fourth-order valence-electron chi connectivity index (χ4n) is 2.45. The van der Waals surface area contributed by atoms with Gasteiger partial charge in [-0.05, 0) is 25.7 Å². The van der Waals surface area contributed by atoms with Crippen molar-refractivity contribution in [2.45, 2.75) is 45.8 Å². The second kappa shape index (κ2) is 8.58. The zero-order chi connectivity index (χ0) is 15.9. The zero-order valence-corrected chi connectivity index (χ0v) is 14.4. The molecule has 0 spiro atoms. The lowest BCUT2D eigenvalue weighted by Gasteiger charge is -2.22. The van der Waals surface area contributed by atoms with E-state index in [9.17, 15) is 8.42 Å². The number of sulfone groups is 1. The van der Waals surface area contributed by atoms with Gasteiger partial charge < -0.3 is 15.4 Å². The first kappa shape index (κ1) is 18.2. The van der Waals surface area contributed by atoms with Crippen molar-refractivity contribution in [1.82, 2.24) is 10.6 Å². The molecule has 0 bridgehead atoms. The highest BCUT2D eigenvalue weighted by atomic mass is 32.2. The van der Waals surface area contributed by atoms with Gasteiger partial charge in [-0.2, -0.15) is 0 Å². The second-order valence-electron chi connectivity index (χ2n) is 5.77. The smallest absolute Gasteiger partial charge is 0.191 e. The minimum atomic E-state index is -2.87. The fraction of sp³-hybridized carbons (Fsp3) is 0.929. The summed E-state index contributed by atoms with van der Waals surface area (Å²) in [5, 5.41) is 6.41. The van der Waals surface area contributed by atoms with Gasteiger partial charge in [0.05, 0.1) is 17.6 Å². The molecule has 1 aliphatic rings. The van der Waals surface area contributed by atoms with Gasteiger partial charge in [0.15, 0.2) is 15.8 Å². The number of guanidine groups is 1. The van der Waals surface area contributed by atoms with E-state index >= 15 is 0 Å². The molecule has 1 heterocycles. The van der Waals surface area contributed by atoms with Crippen LogP contribution in [-0.2, 0) is 14.6 Å². The second-order valence-corrected chi connectivity index (χ2v) is 8.00. The molecule has 2 N–H and O–H groups in total. The Morgan fingerprint density at radius 1 is 1.43 bits per heavy atom.